The topological polar surface area (TPSA) is 105 Å². The lowest BCUT2D eigenvalue weighted by Crippen LogP contribution is -2.50. The highest BCUT2D eigenvalue weighted by atomic mass is 32.2. The van der Waals surface area contributed by atoms with Crippen LogP contribution in [-0.4, -0.2) is 52.1 Å². The number of nitrogens with two attached hydrogens (primary N) is 1. The van der Waals surface area contributed by atoms with Crippen molar-refractivity contribution in [3.8, 4) is 0 Å². The molecule has 8 heteroatoms. The van der Waals surface area contributed by atoms with E-state index in [1.807, 2.05) is 0 Å². The van der Waals surface area contributed by atoms with Crippen molar-refractivity contribution in [2.45, 2.75) is 57.8 Å². The third-order valence-electron chi connectivity index (χ3n) is 3.49. The fourth-order valence-corrected chi connectivity index (χ4v) is 3.02. The Morgan fingerprint density at radius 3 is 2.61 bits per heavy atom. The van der Waals surface area contributed by atoms with Crippen LogP contribution in [-0.2, 0) is 28.6 Å². The quantitative estimate of drug-likeness (QED) is 0.378. The molecular formula is C15H27NO6S. The lowest BCUT2D eigenvalue weighted by atomic mass is 9.90. The zero-order valence-corrected chi connectivity index (χ0v) is 14.8. The Bertz CT molecular complexity index is 516. The second kappa shape index (κ2) is 9.36. The Balaban J connectivity index is 2.85. The Kier molecular flexibility index (Phi) is 8.18. The van der Waals surface area contributed by atoms with E-state index in [0.717, 1.165) is 25.5 Å². The summed E-state index contributed by atoms with van der Waals surface area (Å²) < 4.78 is 38.5. The first-order valence-electron chi connectivity index (χ1n) is 7.91. The van der Waals surface area contributed by atoms with E-state index in [1.54, 1.807) is 13.0 Å². The van der Waals surface area contributed by atoms with Crippen molar-refractivity contribution in [2.24, 2.45) is 5.73 Å². The van der Waals surface area contributed by atoms with Gasteiger partial charge in [-0.15, -0.1) is 0 Å². The molecule has 134 valence electrons. The molecule has 3 unspecified atom stereocenters. The average Bonchev–Trinajstić information content (AvgIpc) is 2.45. The van der Waals surface area contributed by atoms with Gasteiger partial charge in [-0.05, 0) is 19.4 Å². The lowest BCUT2D eigenvalue weighted by Gasteiger charge is -2.33. The molecule has 2 N–H and O–H groups in total. The zero-order chi connectivity index (χ0) is 17.5. The van der Waals surface area contributed by atoms with Crippen LogP contribution < -0.4 is 5.73 Å². The molecule has 0 aliphatic heterocycles. The van der Waals surface area contributed by atoms with Crippen molar-refractivity contribution in [2.75, 3.05) is 19.5 Å². The highest BCUT2D eigenvalue weighted by Crippen LogP contribution is 2.25. The first-order valence-corrected chi connectivity index (χ1v) is 9.73. The van der Waals surface area contributed by atoms with Crippen LogP contribution in [0, 0.1) is 0 Å². The van der Waals surface area contributed by atoms with Gasteiger partial charge >= 0.3 is 5.97 Å². The normalized spacial score (nSPS) is 25.0. The molecule has 0 bridgehead atoms. The molecule has 0 fully saturated rings. The Hall–Kier alpha value is -0.960. The molecule has 1 aliphatic carbocycles. The number of hydrogen-bond acceptors (Lipinski definition) is 7. The minimum atomic E-state index is -3.69. The van der Waals surface area contributed by atoms with Crippen LogP contribution in [0.15, 0.2) is 11.6 Å². The first-order chi connectivity index (χ1) is 10.8. The first kappa shape index (κ1) is 20.1. The molecule has 7 nitrogen and oxygen atoms in total. The fraction of sp³-hybridized carbons (Fsp3) is 0.800. The number of ether oxygens (including phenoxy) is 2. The highest BCUT2D eigenvalue weighted by Gasteiger charge is 2.36. The summed E-state index contributed by atoms with van der Waals surface area (Å²) in [4.78, 5) is 11.9. The van der Waals surface area contributed by atoms with Gasteiger partial charge < -0.3 is 15.2 Å². The molecule has 0 radical (unpaired) electrons. The van der Waals surface area contributed by atoms with E-state index in [2.05, 4.69) is 6.92 Å². The second-order valence-corrected chi connectivity index (χ2v) is 7.18. The van der Waals surface area contributed by atoms with Gasteiger partial charge in [-0.25, -0.2) is 4.79 Å². The summed E-state index contributed by atoms with van der Waals surface area (Å²) in [6.07, 6.45) is 4.21. The summed E-state index contributed by atoms with van der Waals surface area (Å²) in [7, 11) is -3.69. The molecule has 0 aromatic carbocycles. The summed E-state index contributed by atoms with van der Waals surface area (Å²) in [6.45, 7) is 4.52. The molecule has 0 heterocycles. The fourth-order valence-electron chi connectivity index (χ4n) is 2.37. The lowest BCUT2D eigenvalue weighted by molar-refractivity contribution is -0.139. The van der Waals surface area contributed by atoms with Crippen molar-refractivity contribution < 1.29 is 26.9 Å². The summed E-state index contributed by atoms with van der Waals surface area (Å²) in [6, 6.07) is -0.662. The summed E-state index contributed by atoms with van der Waals surface area (Å²) in [5.74, 6) is -0.497. The monoisotopic (exact) mass is 349 g/mol. The van der Waals surface area contributed by atoms with Crippen LogP contribution in [0.25, 0.3) is 0 Å². The Morgan fingerprint density at radius 1 is 1.35 bits per heavy atom. The minimum absolute atomic E-state index is 0.0852. The van der Waals surface area contributed by atoms with E-state index in [0.29, 0.717) is 12.2 Å². The van der Waals surface area contributed by atoms with E-state index >= 15 is 0 Å². The van der Waals surface area contributed by atoms with E-state index < -0.39 is 34.3 Å². The molecule has 1 aliphatic rings. The Morgan fingerprint density at radius 2 is 2.04 bits per heavy atom. The summed E-state index contributed by atoms with van der Waals surface area (Å²) in [5.41, 5.74) is 6.41. The standard InChI is InChI=1S/C15H27NO6S/c1-4-6-7-8-21-12-9-11(15(17)20-5-2)10-13(14(12)16)22-23(3,18)19/h9,12-14H,4-8,10,16H2,1-3H3. The summed E-state index contributed by atoms with van der Waals surface area (Å²) >= 11 is 0. The number of carbonyl (C=O) groups is 1. The number of rotatable bonds is 9. The molecule has 0 aromatic rings. The highest BCUT2D eigenvalue weighted by molar-refractivity contribution is 7.86. The van der Waals surface area contributed by atoms with Gasteiger partial charge in [-0.2, -0.15) is 8.42 Å². The van der Waals surface area contributed by atoms with Crippen LogP contribution >= 0.6 is 0 Å². The van der Waals surface area contributed by atoms with Crippen LogP contribution in [0.2, 0.25) is 0 Å². The predicted octanol–water partition coefficient (Wildman–Crippen LogP) is 1.13. The Labute approximate surface area is 138 Å². The smallest absolute Gasteiger partial charge is 0.333 e. The van der Waals surface area contributed by atoms with Crippen molar-refractivity contribution in [3.05, 3.63) is 11.6 Å². The van der Waals surface area contributed by atoms with Gasteiger partial charge in [0.15, 0.2) is 0 Å². The van der Waals surface area contributed by atoms with Crippen LogP contribution in [0.3, 0.4) is 0 Å². The largest absolute Gasteiger partial charge is 0.463 e. The predicted molar refractivity (Wildman–Crippen MR) is 86.3 cm³/mol. The molecule has 23 heavy (non-hydrogen) atoms. The maximum absolute atomic E-state index is 11.9. The molecule has 0 aromatic heterocycles. The molecule has 0 saturated carbocycles. The van der Waals surface area contributed by atoms with Crippen molar-refractivity contribution in [1.82, 2.24) is 0 Å². The van der Waals surface area contributed by atoms with Crippen LogP contribution in [0.5, 0.6) is 0 Å². The molecule has 0 amide bonds. The van der Waals surface area contributed by atoms with E-state index in [1.165, 1.54) is 0 Å². The molecular weight excluding hydrogens is 322 g/mol. The van der Waals surface area contributed by atoms with Crippen molar-refractivity contribution in [1.29, 1.82) is 0 Å². The second-order valence-electron chi connectivity index (χ2n) is 5.58. The van der Waals surface area contributed by atoms with Gasteiger partial charge in [0.1, 0.15) is 0 Å². The summed E-state index contributed by atoms with van der Waals surface area (Å²) in [5, 5.41) is 0. The van der Waals surface area contributed by atoms with Crippen molar-refractivity contribution in [3.63, 3.8) is 0 Å². The van der Waals surface area contributed by atoms with Gasteiger partial charge in [0.05, 0.1) is 31.1 Å². The van der Waals surface area contributed by atoms with Gasteiger partial charge in [0.25, 0.3) is 10.1 Å². The van der Waals surface area contributed by atoms with E-state index in [4.69, 9.17) is 19.4 Å². The minimum Gasteiger partial charge on any atom is -0.463 e. The van der Waals surface area contributed by atoms with Crippen LogP contribution in [0.1, 0.15) is 39.5 Å². The van der Waals surface area contributed by atoms with E-state index in [-0.39, 0.29) is 13.0 Å². The van der Waals surface area contributed by atoms with Gasteiger partial charge in [-0.3, -0.25) is 4.18 Å². The zero-order valence-electron chi connectivity index (χ0n) is 14.0. The van der Waals surface area contributed by atoms with E-state index in [9.17, 15) is 13.2 Å². The third kappa shape index (κ3) is 6.99. The maximum atomic E-state index is 11.9. The third-order valence-corrected chi connectivity index (χ3v) is 4.09. The number of hydrogen-bond donors (Lipinski definition) is 1. The molecule has 3 atom stereocenters. The number of esters is 1. The van der Waals surface area contributed by atoms with Gasteiger partial charge in [0.2, 0.25) is 0 Å². The average molecular weight is 349 g/mol. The maximum Gasteiger partial charge on any atom is 0.333 e. The molecule has 1 rings (SSSR count). The SMILES string of the molecule is CCCCCOC1C=C(C(=O)OCC)CC(OS(C)(=O)=O)C1N. The number of unbranched alkanes of at least 4 members (excludes halogenated alkanes) is 2. The van der Waals surface area contributed by atoms with Crippen molar-refractivity contribution >= 4 is 16.1 Å². The number of carbonyl (C=O) groups excluding carboxylic acids is 1. The molecule has 0 saturated heterocycles. The van der Waals surface area contributed by atoms with Crippen LogP contribution in [0.4, 0.5) is 0 Å². The molecule has 0 spiro atoms. The van der Waals surface area contributed by atoms with Gasteiger partial charge in [0, 0.05) is 18.6 Å². The van der Waals surface area contributed by atoms with Gasteiger partial charge in [-0.1, -0.05) is 19.8 Å².